The van der Waals surface area contributed by atoms with Gasteiger partial charge < -0.3 is 10.2 Å². The van der Waals surface area contributed by atoms with Crippen LogP contribution in [0, 0.1) is 18.3 Å². The summed E-state index contributed by atoms with van der Waals surface area (Å²) < 4.78 is 1.73. The normalized spacial score (nSPS) is 13.4. The van der Waals surface area contributed by atoms with Crippen LogP contribution in [-0.2, 0) is 7.05 Å². The van der Waals surface area contributed by atoms with Crippen molar-refractivity contribution < 1.29 is 14.3 Å². The van der Waals surface area contributed by atoms with Crippen LogP contribution in [-0.4, -0.2) is 42.0 Å². The number of rotatable bonds is 4. The molecule has 0 radical (unpaired) electrons. The summed E-state index contributed by atoms with van der Waals surface area (Å²) in [4.78, 5) is 27.2. The van der Waals surface area contributed by atoms with Gasteiger partial charge in [0.1, 0.15) is 11.3 Å². The fourth-order valence-electron chi connectivity index (χ4n) is 3.93. The van der Waals surface area contributed by atoms with Gasteiger partial charge in [0.15, 0.2) is 7.05 Å². The Morgan fingerprint density at radius 2 is 1.90 bits per heavy atom. The van der Waals surface area contributed by atoms with Crippen LogP contribution >= 0.6 is 0 Å². The number of hydrogen-bond donors (Lipinski definition) is 2. The number of nitrogens with one attached hydrogen (secondary N) is 2. The number of hydrogen-bond acceptors (Lipinski definition) is 3. The fraction of sp³-hybridized carbons (Fsp3) is 0.250. The minimum atomic E-state index is -0.184. The summed E-state index contributed by atoms with van der Waals surface area (Å²) in [5.74, 6) is 0.0727. The Morgan fingerprint density at radius 3 is 2.55 bits per heavy atom. The van der Waals surface area contributed by atoms with Crippen LogP contribution in [0.15, 0.2) is 48.7 Å². The Hall–Kier alpha value is -3.92. The first kappa shape index (κ1) is 20.4. The van der Waals surface area contributed by atoms with E-state index in [0.29, 0.717) is 35.5 Å². The first-order valence-corrected chi connectivity index (χ1v) is 10.1. The van der Waals surface area contributed by atoms with Gasteiger partial charge in [-0.05, 0) is 42.3 Å². The zero-order valence-corrected chi connectivity index (χ0v) is 17.8. The van der Waals surface area contributed by atoms with Crippen LogP contribution in [0.25, 0.3) is 11.3 Å². The molecule has 0 spiro atoms. The predicted octanol–water partition coefficient (Wildman–Crippen LogP) is 2.29. The SMILES string of the molecule is CNC(=O)c1c[n+](C)[nH]c1-c1cc(C(=O)N2CC(c3ccc(C#N)cc3)C2)ccc1C. The van der Waals surface area contributed by atoms with Crippen molar-refractivity contribution in [2.75, 3.05) is 20.1 Å². The average molecular weight is 414 g/mol. The second kappa shape index (κ2) is 8.07. The van der Waals surface area contributed by atoms with Crippen molar-refractivity contribution in [1.29, 1.82) is 5.26 Å². The van der Waals surface area contributed by atoms with E-state index in [0.717, 1.165) is 16.7 Å². The lowest BCUT2D eigenvalue weighted by Crippen LogP contribution is -2.48. The quantitative estimate of drug-likeness (QED) is 0.642. The summed E-state index contributed by atoms with van der Waals surface area (Å²) in [7, 11) is 3.42. The maximum absolute atomic E-state index is 13.1. The molecule has 3 aromatic rings. The van der Waals surface area contributed by atoms with Gasteiger partial charge >= 0.3 is 0 Å². The average Bonchev–Trinajstić information content (AvgIpc) is 3.14. The molecule has 4 rings (SSSR count). The zero-order valence-electron chi connectivity index (χ0n) is 17.8. The van der Waals surface area contributed by atoms with Crippen LogP contribution in [0.5, 0.6) is 0 Å². The molecule has 1 aliphatic heterocycles. The van der Waals surface area contributed by atoms with E-state index in [-0.39, 0.29) is 17.7 Å². The number of amides is 2. The van der Waals surface area contributed by atoms with Crippen molar-refractivity contribution in [3.8, 4) is 17.3 Å². The predicted molar refractivity (Wildman–Crippen MR) is 115 cm³/mol. The highest BCUT2D eigenvalue weighted by molar-refractivity contribution is 6.01. The molecule has 0 saturated carbocycles. The highest BCUT2D eigenvalue weighted by Gasteiger charge is 2.32. The Bertz CT molecular complexity index is 1200. The van der Waals surface area contributed by atoms with Gasteiger partial charge in [0.25, 0.3) is 11.8 Å². The van der Waals surface area contributed by atoms with Crippen LogP contribution < -0.4 is 10.00 Å². The minimum Gasteiger partial charge on any atom is -0.355 e. The summed E-state index contributed by atoms with van der Waals surface area (Å²) in [5, 5.41) is 14.8. The highest BCUT2D eigenvalue weighted by Crippen LogP contribution is 2.30. The van der Waals surface area contributed by atoms with Gasteiger partial charge in [0.2, 0.25) is 6.20 Å². The fourth-order valence-corrected chi connectivity index (χ4v) is 3.93. The highest BCUT2D eigenvalue weighted by atomic mass is 16.2. The third kappa shape index (κ3) is 3.80. The van der Waals surface area contributed by atoms with Crippen molar-refractivity contribution in [3.05, 3.63) is 76.5 Å². The molecule has 31 heavy (non-hydrogen) atoms. The third-order valence-corrected chi connectivity index (χ3v) is 5.79. The lowest BCUT2D eigenvalue weighted by molar-refractivity contribution is -0.726. The molecule has 7 heteroatoms. The van der Waals surface area contributed by atoms with Gasteiger partial charge in [0, 0.05) is 37.2 Å². The van der Waals surface area contributed by atoms with E-state index < -0.39 is 0 Å². The van der Waals surface area contributed by atoms with E-state index in [1.165, 1.54) is 0 Å². The number of carbonyl (C=O) groups excluding carboxylic acids is 2. The van der Waals surface area contributed by atoms with Gasteiger partial charge in [-0.15, -0.1) is 4.68 Å². The van der Waals surface area contributed by atoms with E-state index in [9.17, 15) is 9.59 Å². The number of benzene rings is 2. The topological polar surface area (TPSA) is 92.9 Å². The Labute approximate surface area is 180 Å². The number of likely N-dealkylation sites (tertiary alicyclic amines) is 1. The van der Waals surface area contributed by atoms with Crippen LogP contribution in [0.1, 0.15) is 43.3 Å². The summed E-state index contributed by atoms with van der Waals surface area (Å²) in [6.45, 7) is 3.26. The number of H-pyrrole nitrogens is 1. The molecule has 1 fully saturated rings. The van der Waals surface area contributed by atoms with Crippen LogP contribution in [0.3, 0.4) is 0 Å². The van der Waals surface area contributed by atoms with Gasteiger partial charge in [0.05, 0.1) is 11.6 Å². The second-order valence-corrected chi connectivity index (χ2v) is 7.89. The number of carbonyl (C=O) groups is 2. The van der Waals surface area contributed by atoms with Crippen molar-refractivity contribution in [2.24, 2.45) is 7.05 Å². The number of nitriles is 1. The summed E-state index contributed by atoms with van der Waals surface area (Å²) in [5.41, 5.74) is 5.39. The van der Waals surface area contributed by atoms with E-state index >= 15 is 0 Å². The molecular weight excluding hydrogens is 390 g/mol. The molecule has 0 unspecified atom stereocenters. The van der Waals surface area contributed by atoms with Gasteiger partial charge in [-0.2, -0.15) is 10.4 Å². The molecule has 2 N–H and O–H groups in total. The summed E-state index contributed by atoms with van der Waals surface area (Å²) >= 11 is 0. The molecule has 2 heterocycles. The van der Waals surface area contributed by atoms with Crippen LogP contribution in [0.2, 0.25) is 0 Å². The van der Waals surface area contributed by atoms with Gasteiger partial charge in [-0.3, -0.25) is 9.59 Å². The molecule has 0 aliphatic carbocycles. The molecule has 2 amide bonds. The lowest BCUT2D eigenvalue weighted by Gasteiger charge is -2.39. The maximum Gasteiger partial charge on any atom is 0.259 e. The van der Waals surface area contributed by atoms with E-state index in [1.54, 1.807) is 17.9 Å². The Balaban J connectivity index is 1.55. The Kier molecular flexibility index (Phi) is 5.30. The molecule has 156 valence electrons. The largest absolute Gasteiger partial charge is 0.355 e. The van der Waals surface area contributed by atoms with Crippen LogP contribution in [0.4, 0.5) is 0 Å². The lowest BCUT2D eigenvalue weighted by atomic mass is 9.90. The second-order valence-electron chi connectivity index (χ2n) is 7.89. The number of aromatic nitrogens is 2. The maximum atomic E-state index is 13.1. The molecule has 0 bridgehead atoms. The van der Waals surface area contributed by atoms with Gasteiger partial charge in [-0.25, -0.2) is 0 Å². The zero-order chi connectivity index (χ0) is 22.1. The number of aromatic amines is 1. The van der Waals surface area contributed by atoms with Gasteiger partial charge in [-0.1, -0.05) is 18.2 Å². The molecule has 2 aromatic carbocycles. The van der Waals surface area contributed by atoms with Crippen molar-refractivity contribution >= 4 is 11.8 Å². The van der Waals surface area contributed by atoms with Crippen molar-refractivity contribution in [2.45, 2.75) is 12.8 Å². The number of aryl methyl sites for hydroxylation is 2. The summed E-state index contributed by atoms with van der Waals surface area (Å²) in [6.07, 6.45) is 1.74. The third-order valence-electron chi connectivity index (χ3n) is 5.79. The Morgan fingerprint density at radius 1 is 1.19 bits per heavy atom. The van der Waals surface area contributed by atoms with E-state index in [2.05, 4.69) is 16.5 Å². The number of nitrogens with zero attached hydrogens (tertiary/aromatic N) is 3. The van der Waals surface area contributed by atoms with Crippen molar-refractivity contribution in [3.63, 3.8) is 0 Å². The van der Waals surface area contributed by atoms with E-state index in [1.807, 2.05) is 61.3 Å². The first-order chi connectivity index (χ1) is 14.9. The minimum absolute atomic E-state index is 0.0245. The first-order valence-electron chi connectivity index (χ1n) is 10.1. The monoisotopic (exact) mass is 414 g/mol. The van der Waals surface area contributed by atoms with Crippen molar-refractivity contribution in [1.82, 2.24) is 15.3 Å². The summed E-state index contributed by atoms with van der Waals surface area (Å²) in [6, 6.07) is 15.3. The smallest absolute Gasteiger partial charge is 0.259 e. The van der Waals surface area contributed by atoms with E-state index in [4.69, 9.17) is 5.26 Å². The molecule has 1 aromatic heterocycles. The standard InChI is InChI=1S/C24H23N5O2/c1-15-4-7-18(10-20(15)22-21(23(30)26-2)14-28(3)27-22)24(31)29-12-19(13-29)17-8-5-16(11-25)6-9-17/h4-10,14,19H,12-13H2,1-3H3,(H,26,30)/p+1. The molecule has 1 saturated heterocycles. The molecule has 1 aliphatic rings. The molecule has 7 nitrogen and oxygen atoms in total. The molecular formula is C24H24N5O2+. The molecule has 0 atom stereocenters.